The topological polar surface area (TPSA) is 86.1 Å². The van der Waals surface area contributed by atoms with Gasteiger partial charge in [-0.1, -0.05) is 35.3 Å². The Morgan fingerprint density at radius 2 is 1.87 bits per heavy atom. The Morgan fingerprint density at radius 3 is 2.55 bits per heavy atom. The van der Waals surface area contributed by atoms with Crippen LogP contribution in [-0.4, -0.2) is 33.3 Å². The molecule has 31 heavy (non-hydrogen) atoms. The highest BCUT2D eigenvalue weighted by Gasteiger charge is 2.27. The summed E-state index contributed by atoms with van der Waals surface area (Å²) >= 11 is 12.6. The molecule has 0 aliphatic heterocycles. The summed E-state index contributed by atoms with van der Waals surface area (Å²) in [6.07, 6.45) is 2.73. The normalized spacial score (nSPS) is 10.8. The van der Waals surface area contributed by atoms with Crippen molar-refractivity contribution >= 4 is 51.6 Å². The lowest BCUT2D eigenvalue weighted by atomic mass is 10.1. The molecule has 9 heteroatoms. The molecule has 0 spiro atoms. The molecule has 0 fully saturated rings. The molecule has 0 unspecified atom stereocenters. The Kier molecular flexibility index (Phi) is 5.88. The molecular formula is C22H16Cl2N4O3. The summed E-state index contributed by atoms with van der Waals surface area (Å²) in [5.74, 6) is -0.879. The summed E-state index contributed by atoms with van der Waals surface area (Å²) < 4.78 is 7.07. The molecule has 1 amide bonds. The zero-order valence-electron chi connectivity index (χ0n) is 16.3. The summed E-state index contributed by atoms with van der Waals surface area (Å²) in [6.45, 7) is 0.389. The van der Waals surface area contributed by atoms with E-state index in [0.717, 1.165) is 5.56 Å². The van der Waals surface area contributed by atoms with E-state index < -0.39 is 11.7 Å². The van der Waals surface area contributed by atoms with Gasteiger partial charge in [0.15, 0.2) is 0 Å². The number of nitrogens with one attached hydrogen (secondary N) is 1. The van der Waals surface area contributed by atoms with E-state index in [1.165, 1.54) is 25.7 Å². The van der Waals surface area contributed by atoms with Crippen LogP contribution < -0.4 is 10.1 Å². The van der Waals surface area contributed by atoms with Gasteiger partial charge in [0.1, 0.15) is 23.0 Å². The minimum absolute atomic E-state index is 0.0936. The van der Waals surface area contributed by atoms with Gasteiger partial charge in [-0.2, -0.15) is 0 Å². The van der Waals surface area contributed by atoms with Gasteiger partial charge < -0.3 is 14.6 Å². The highest BCUT2D eigenvalue weighted by Crippen LogP contribution is 2.34. The number of carbonyl (C=O) groups excluding carboxylic acids is 2. The molecule has 7 nitrogen and oxygen atoms in total. The standard InChI is InChI=1S/C22H16Cl2N4O3/c1-31-15-6-7-17-16(10-15)19(20(29)22(30)27-18-8-9-25-12-26-18)21(24)28(17)11-13-2-4-14(23)5-3-13/h2-10,12H,11H2,1H3,(H,25,26,27,30). The number of methoxy groups -OCH3 is 1. The van der Waals surface area contributed by atoms with Crippen LogP contribution in [0, 0.1) is 0 Å². The third-order valence-corrected chi connectivity index (χ3v) is 5.36. The number of ketones is 1. The molecule has 0 atom stereocenters. The van der Waals surface area contributed by atoms with Gasteiger partial charge in [-0.3, -0.25) is 9.59 Å². The minimum Gasteiger partial charge on any atom is -0.497 e. The molecule has 156 valence electrons. The SMILES string of the molecule is COc1ccc2c(c1)c(C(=O)C(=O)Nc1ccncn1)c(Cl)n2Cc1ccc(Cl)cc1. The van der Waals surface area contributed by atoms with Gasteiger partial charge in [0, 0.05) is 23.2 Å². The van der Waals surface area contributed by atoms with Crippen molar-refractivity contribution in [1.29, 1.82) is 0 Å². The number of carbonyl (C=O) groups is 2. The molecular weight excluding hydrogens is 439 g/mol. The second-order valence-corrected chi connectivity index (χ2v) is 7.43. The molecule has 2 aromatic carbocycles. The van der Waals surface area contributed by atoms with Gasteiger partial charge in [0.05, 0.1) is 18.2 Å². The van der Waals surface area contributed by atoms with Crippen molar-refractivity contribution < 1.29 is 14.3 Å². The van der Waals surface area contributed by atoms with Gasteiger partial charge in [-0.05, 0) is 42.0 Å². The monoisotopic (exact) mass is 454 g/mol. The number of aromatic nitrogens is 3. The van der Waals surface area contributed by atoms with Crippen molar-refractivity contribution in [3.05, 3.63) is 82.4 Å². The van der Waals surface area contributed by atoms with E-state index in [4.69, 9.17) is 27.9 Å². The van der Waals surface area contributed by atoms with E-state index in [0.29, 0.717) is 28.2 Å². The van der Waals surface area contributed by atoms with Crippen LogP contribution >= 0.6 is 23.2 Å². The molecule has 4 rings (SSSR count). The van der Waals surface area contributed by atoms with Crippen molar-refractivity contribution in [3.8, 4) is 5.75 Å². The van der Waals surface area contributed by atoms with E-state index in [1.54, 1.807) is 34.9 Å². The Hall–Kier alpha value is -3.42. The Labute approximate surface area is 187 Å². The Morgan fingerprint density at radius 1 is 1.10 bits per heavy atom. The number of rotatable bonds is 6. The molecule has 1 N–H and O–H groups in total. The van der Waals surface area contributed by atoms with Gasteiger partial charge in [0.2, 0.25) is 0 Å². The van der Waals surface area contributed by atoms with Gasteiger partial charge in [-0.25, -0.2) is 9.97 Å². The van der Waals surface area contributed by atoms with E-state index in [1.807, 2.05) is 12.1 Å². The number of hydrogen-bond acceptors (Lipinski definition) is 5. The fourth-order valence-corrected chi connectivity index (χ4v) is 3.69. The van der Waals surface area contributed by atoms with E-state index in [2.05, 4.69) is 15.3 Å². The summed E-state index contributed by atoms with van der Waals surface area (Å²) in [5.41, 5.74) is 1.72. The fourth-order valence-electron chi connectivity index (χ4n) is 3.22. The molecule has 0 saturated carbocycles. The second kappa shape index (κ2) is 8.75. The summed E-state index contributed by atoms with van der Waals surface area (Å²) in [5, 5.41) is 3.76. The molecule has 2 heterocycles. The molecule has 4 aromatic rings. The first-order valence-electron chi connectivity index (χ1n) is 9.20. The van der Waals surface area contributed by atoms with Crippen LogP contribution in [0.5, 0.6) is 5.75 Å². The minimum atomic E-state index is -0.853. The number of nitrogens with zero attached hydrogens (tertiary/aromatic N) is 3. The van der Waals surface area contributed by atoms with Crippen molar-refractivity contribution in [3.63, 3.8) is 0 Å². The first kappa shape index (κ1) is 20.8. The fraction of sp³-hybridized carbons (Fsp3) is 0.0909. The number of halogens is 2. The maximum Gasteiger partial charge on any atom is 0.298 e. The third-order valence-electron chi connectivity index (χ3n) is 4.72. The van der Waals surface area contributed by atoms with Gasteiger partial charge >= 0.3 is 0 Å². The average Bonchev–Trinajstić information content (AvgIpc) is 3.05. The summed E-state index contributed by atoms with van der Waals surface area (Å²) in [7, 11) is 1.52. The Bertz CT molecular complexity index is 1270. The molecule has 0 aliphatic carbocycles. The van der Waals surface area contributed by atoms with Crippen LogP contribution in [0.3, 0.4) is 0 Å². The lowest BCUT2D eigenvalue weighted by Gasteiger charge is -2.08. The highest BCUT2D eigenvalue weighted by molar-refractivity contribution is 6.51. The molecule has 0 radical (unpaired) electrons. The number of ether oxygens (including phenoxy) is 1. The predicted molar refractivity (Wildman–Crippen MR) is 119 cm³/mol. The zero-order valence-corrected chi connectivity index (χ0v) is 17.8. The second-order valence-electron chi connectivity index (χ2n) is 6.64. The number of anilines is 1. The van der Waals surface area contributed by atoms with Crippen LogP contribution in [0.25, 0.3) is 10.9 Å². The van der Waals surface area contributed by atoms with Crippen molar-refractivity contribution in [2.75, 3.05) is 12.4 Å². The maximum atomic E-state index is 13.1. The average molecular weight is 455 g/mol. The molecule has 0 saturated heterocycles. The maximum absolute atomic E-state index is 13.1. The van der Waals surface area contributed by atoms with Gasteiger partial charge in [0.25, 0.3) is 11.7 Å². The lowest BCUT2D eigenvalue weighted by molar-refractivity contribution is -0.112. The van der Waals surface area contributed by atoms with Crippen LogP contribution in [0.15, 0.2) is 61.1 Å². The van der Waals surface area contributed by atoms with Crippen LogP contribution in [-0.2, 0) is 11.3 Å². The van der Waals surface area contributed by atoms with Crippen molar-refractivity contribution in [2.24, 2.45) is 0 Å². The number of fused-ring (bicyclic) bond motifs is 1. The zero-order chi connectivity index (χ0) is 22.0. The van der Waals surface area contributed by atoms with E-state index >= 15 is 0 Å². The first-order chi connectivity index (χ1) is 15.0. The summed E-state index contributed by atoms with van der Waals surface area (Å²) in [4.78, 5) is 33.4. The third kappa shape index (κ3) is 4.23. The highest BCUT2D eigenvalue weighted by atomic mass is 35.5. The van der Waals surface area contributed by atoms with Crippen LogP contribution in [0.2, 0.25) is 10.2 Å². The molecule has 0 aliphatic rings. The van der Waals surface area contributed by atoms with Crippen molar-refractivity contribution in [1.82, 2.24) is 14.5 Å². The van der Waals surface area contributed by atoms with E-state index in [9.17, 15) is 9.59 Å². The quantitative estimate of drug-likeness (QED) is 0.339. The number of hydrogen-bond donors (Lipinski definition) is 1. The number of Topliss-reactive ketones (excluding diaryl/α,β-unsaturated/α-hetero) is 1. The Balaban J connectivity index is 1.78. The van der Waals surface area contributed by atoms with Gasteiger partial charge in [-0.15, -0.1) is 0 Å². The van der Waals surface area contributed by atoms with E-state index in [-0.39, 0.29) is 16.5 Å². The summed E-state index contributed by atoms with van der Waals surface area (Å²) in [6, 6.07) is 14.0. The smallest absolute Gasteiger partial charge is 0.298 e. The van der Waals surface area contributed by atoms with Crippen LogP contribution in [0.4, 0.5) is 5.82 Å². The van der Waals surface area contributed by atoms with Crippen LogP contribution in [0.1, 0.15) is 15.9 Å². The predicted octanol–water partition coefficient (Wildman–Crippen LogP) is 4.62. The first-order valence-corrected chi connectivity index (χ1v) is 9.95. The number of benzene rings is 2. The largest absolute Gasteiger partial charge is 0.497 e. The lowest BCUT2D eigenvalue weighted by Crippen LogP contribution is -2.23. The molecule has 0 bridgehead atoms. The number of amides is 1. The molecule has 2 aromatic heterocycles. The van der Waals surface area contributed by atoms with Crippen molar-refractivity contribution in [2.45, 2.75) is 6.54 Å².